The van der Waals surface area contributed by atoms with Gasteiger partial charge in [-0.1, -0.05) is 166 Å². The Morgan fingerprint density at radius 3 is 1.05 bits per heavy atom. The number of rotatable bonds is 4. The minimum atomic E-state index is -0.713. The number of fused-ring (bicyclic) bond motifs is 47. The van der Waals surface area contributed by atoms with Gasteiger partial charge in [-0.25, -0.2) is 9.97 Å². The molecule has 29 heteroatoms. The van der Waals surface area contributed by atoms with Crippen LogP contribution < -0.4 is 9.97 Å². The zero-order valence-electron chi connectivity index (χ0n) is 83.0. The Morgan fingerprint density at radius 2 is 0.653 bits per heavy atom. The van der Waals surface area contributed by atoms with Crippen LogP contribution in [0.5, 0.6) is 0 Å². The van der Waals surface area contributed by atoms with Crippen LogP contribution in [0.2, 0.25) is 0 Å². The molecule has 9 aromatic carbocycles. The third-order valence-corrected chi connectivity index (χ3v) is 30.4. The van der Waals surface area contributed by atoms with Crippen molar-refractivity contribution < 1.29 is 80.3 Å². The second-order valence-corrected chi connectivity index (χ2v) is 42.6. The summed E-state index contributed by atoms with van der Waals surface area (Å²) in [7, 11) is 4.02. The van der Waals surface area contributed by atoms with Crippen molar-refractivity contribution in [2.24, 2.45) is 14.1 Å². The molecule has 1 radical (unpaired) electrons. The maximum Gasteiger partial charge on any atom is 2.00 e. The average Bonchev–Trinajstić information content (AvgIpc) is 1.55. The molecule has 17 heterocycles. The SMILES string of the molecule is CC1(C)c2[c-]c(ccc2)-c2nc(cn2-c2ccccc2)-c2ccccc2-c2cn(-c3ccccc3)c(n2)-c2[c-]c1ccc2.CC1(C)c2nnc([n-]2)-c2cn(-c3ccccc3)c(n2)C(C)(C)c2nc(cn2-c2ccccc2)-c2nnc1[n-]2.Cc1cc2[c-]c(c1)C(C)(C)c1[c-]c(cc(C)c1)-c1nc(cs1)C(C)(C)c1csc-2n1.Cn1cc2nc1-c1ccc(s1)-c1nc(cn1C)-c1[c-]c(ccn1)C(C)(C)c1[c-]c-2ncc1.[Cu+2].[Pt+2].[Pt+2].[Pt+2]. The van der Waals surface area contributed by atoms with E-state index in [1.54, 1.807) is 34.0 Å². The fourth-order valence-electron chi connectivity index (χ4n) is 18.9. The van der Waals surface area contributed by atoms with E-state index in [1.807, 2.05) is 135 Å². The number of thiazole rings is 2. The summed E-state index contributed by atoms with van der Waals surface area (Å²) in [5.41, 5.74) is 24.7. The third-order valence-electron chi connectivity index (χ3n) is 27.6. The summed E-state index contributed by atoms with van der Waals surface area (Å²) in [6.07, 6.45) is 15.9. The second kappa shape index (κ2) is 39.9. The van der Waals surface area contributed by atoms with Crippen LogP contribution in [0, 0.1) is 50.2 Å². The standard InChI is InChI=1S/C39H28N4.C28H24N10.C26H24N2S2.C25H20N6S.Cu.3Pt/c1-39(2)29-15-11-13-27(23-29)37-40-35(25-42(37)31-17-5-3-6-18-31)33-21-9-10-22-34(33)36-26-43(32-19-7-4-8-20-32)38(41-36)28-14-12-16-30(39)24-28;1-27(2)23-31-21(33-35-23)19-15-37(17-11-7-5-8-12-17)25(29-19)28(3,4)26-30-20(22-32-24(27)36-34-22)16-38(26)18-13-9-6-10-14-18;1-15-7-17-11-19(9-15)25(3,4)20-10-16(2)8-18(12-20)24-28-22(14-30-24)26(5,6)21-13-29-23(17)27-21;1-25(2)15-7-9-26-17(11-15)19-13-30(3)23(28-19)21-5-6-22(32-21)24-29-20(14-31(24)4)18-12-16(25)8-10-27-18;;;;/h3-22,25-26H,1-2H3;5-16H,1-4H3;7-10,13-14H,1-6H3;5-10,13-14H,1-4H3;;;;/q4*-2;4*+2. The Bertz CT molecular complexity index is 8150. The molecule has 0 saturated heterocycles. The third kappa shape index (κ3) is 18.8. The van der Waals surface area contributed by atoms with Crippen molar-refractivity contribution in [1.82, 2.24) is 108 Å². The molecule has 34 bridgehead atoms. The van der Waals surface area contributed by atoms with Gasteiger partial charge in [0.1, 0.15) is 23.3 Å². The molecular formula is C118H96CuN22Pt3S3. The fourth-order valence-corrected chi connectivity index (χ4v) is 21.9. The largest absolute Gasteiger partial charge is 2.00 e. The summed E-state index contributed by atoms with van der Waals surface area (Å²) < 4.78 is 12.6. The Kier molecular flexibility index (Phi) is 27.7. The first-order valence-corrected chi connectivity index (χ1v) is 50.0. The van der Waals surface area contributed by atoms with Crippen LogP contribution in [0.25, 0.3) is 156 Å². The topological polar surface area (TPSA) is 238 Å². The molecule has 0 aliphatic carbocycles. The van der Waals surface area contributed by atoms with E-state index >= 15 is 0 Å². The smallest absolute Gasteiger partial charge is 0.360 e. The average molecular weight is 2570 g/mol. The predicted octanol–water partition coefficient (Wildman–Crippen LogP) is 24.8. The van der Waals surface area contributed by atoms with Gasteiger partial charge in [-0.15, -0.1) is 175 Å². The molecular weight excluding hydrogens is 2470 g/mol. The van der Waals surface area contributed by atoms with E-state index in [0.717, 1.165) is 190 Å². The summed E-state index contributed by atoms with van der Waals surface area (Å²) in [4.78, 5) is 61.5. The predicted molar refractivity (Wildman–Crippen MR) is 564 cm³/mol. The summed E-state index contributed by atoms with van der Waals surface area (Å²) >= 11 is 5.05. The fraction of sp³-hybridized carbons (Fsp3) is 0.186. The van der Waals surface area contributed by atoms with Crippen molar-refractivity contribution in [2.75, 3.05) is 0 Å². The van der Waals surface area contributed by atoms with Crippen LogP contribution in [0.15, 0.2) is 291 Å². The van der Waals surface area contributed by atoms with Crippen LogP contribution in [0.1, 0.15) is 162 Å². The number of aromatic nitrogens is 22. The van der Waals surface area contributed by atoms with Gasteiger partial charge in [0.25, 0.3) is 0 Å². The normalized spacial score (nSPS) is 14.1. The minimum absolute atomic E-state index is 0. The molecule has 0 unspecified atom stereocenters. The summed E-state index contributed by atoms with van der Waals surface area (Å²) in [6, 6.07) is 101. The van der Waals surface area contributed by atoms with Crippen LogP contribution in [-0.2, 0) is 127 Å². The second-order valence-electron chi connectivity index (χ2n) is 39.8. The van der Waals surface area contributed by atoms with Crippen LogP contribution in [-0.4, -0.2) is 97.6 Å². The van der Waals surface area contributed by atoms with Crippen LogP contribution >= 0.6 is 34.0 Å². The summed E-state index contributed by atoms with van der Waals surface area (Å²) in [6.45, 7) is 30.2. The number of thiophene rings is 1. The molecule has 13 aromatic heterocycles. The molecule has 737 valence electrons. The maximum atomic E-state index is 5.28. The van der Waals surface area contributed by atoms with Crippen LogP contribution in [0.3, 0.4) is 0 Å². The van der Waals surface area contributed by atoms with Crippen LogP contribution in [0.4, 0.5) is 0 Å². The molecule has 0 amide bonds. The first kappa shape index (κ1) is 102. The first-order chi connectivity index (χ1) is 68.9. The van der Waals surface area contributed by atoms with E-state index in [2.05, 4.69) is 361 Å². The van der Waals surface area contributed by atoms with Gasteiger partial charge < -0.3 is 57.8 Å². The minimum Gasteiger partial charge on any atom is -0.360 e. The van der Waals surface area contributed by atoms with Gasteiger partial charge in [0.05, 0.1) is 61.0 Å². The molecule has 0 saturated carbocycles. The number of hydrogen-bond donors (Lipinski definition) is 0. The molecule has 22 aromatic rings. The van der Waals surface area contributed by atoms with Gasteiger partial charge in [-0.2, -0.15) is 34.8 Å². The Hall–Kier alpha value is -13.6. The monoisotopic (exact) mass is 2560 g/mol. The zero-order chi connectivity index (χ0) is 98.3. The number of pyridine rings is 2. The van der Waals surface area contributed by atoms with Crippen molar-refractivity contribution in [3.63, 3.8) is 0 Å². The van der Waals surface area contributed by atoms with Crippen molar-refractivity contribution in [2.45, 2.75) is 129 Å². The number of imidazole rings is 6. The summed E-state index contributed by atoms with van der Waals surface area (Å²) in [5, 5.41) is 24.0. The Morgan fingerprint density at radius 1 is 0.299 bits per heavy atom. The van der Waals surface area contributed by atoms with Crippen molar-refractivity contribution in [3.05, 3.63) is 406 Å². The van der Waals surface area contributed by atoms with E-state index in [-0.39, 0.29) is 102 Å². The number of hydrogen-bond acceptors (Lipinski definition) is 17. The first-order valence-electron chi connectivity index (χ1n) is 47.4. The van der Waals surface area contributed by atoms with Gasteiger partial charge in [0, 0.05) is 139 Å². The zero-order valence-corrected chi connectivity index (χ0v) is 93.2. The van der Waals surface area contributed by atoms with Crippen molar-refractivity contribution >= 4 is 34.0 Å². The summed E-state index contributed by atoms with van der Waals surface area (Å²) in [5.74, 6) is 6.98. The Balaban J connectivity index is 0.000000123. The quantitative estimate of drug-likeness (QED) is 0.118. The molecule has 0 atom stereocenters. The van der Waals surface area contributed by atoms with E-state index in [1.165, 1.54) is 11.1 Å². The van der Waals surface area contributed by atoms with Gasteiger partial charge in [-0.3, -0.25) is 39.9 Å². The van der Waals surface area contributed by atoms with E-state index in [0.29, 0.717) is 34.7 Å². The van der Waals surface area contributed by atoms with Gasteiger partial charge in [0.2, 0.25) is 0 Å². The molecule has 4 aliphatic heterocycles. The number of aryl methyl sites for hydroxylation is 4. The van der Waals surface area contributed by atoms with E-state index in [4.69, 9.17) is 49.8 Å². The Labute approximate surface area is 919 Å². The molecule has 0 N–H and O–H groups in total. The van der Waals surface area contributed by atoms with E-state index in [9.17, 15) is 0 Å². The van der Waals surface area contributed by atoms with E-state index < -0.39 is 10.8 Å². The van der Waals surface area contributed by atoms with Gasteiger partial charge in [0.15, 0.2) is 0 Å². The van der Waals surface area contributed by atoms with Crippen molar-refractivity contribution in [3.8, 4) is 156 Å². The number of benzene rings is 9. The van der Waals surface area contributed by atoms with Gasteiger partial charge in [-0.05, 0) is 141 Å². The molecule has 0 spiro atoms. The van der Waals surface area contributed by atoms with Gasteiger partial charge >= 0.3 is 80.3 Å². The molecule has 26 rings (SSSR count). The number of para-hydroxylation sites is 4. The van der Waals surface area contributed by atoms with Crippen molar-refractivity contribution in [1.29, 1.82) is 0 Å². The molecule has 4 aliphatic rings. The molecule has 0 fully saturated rings. The maximum absolute atomic E-state index is 5.28. The molecule has 147 heavy (non-hydrogen) atoms. The number of nitrogens with zero attached hydrogens (tertiary/aromatic N) is 22. The molecule has 22 nitrogen and oxygen atoms in total.